The molecule has 2 aliphatic heterocycles. The van der Waals surface area contributed by atoms with Crippen molar-refractivity contribution >= 4 is 0 Å². The molecule has 0 unspecified atom stereocenters. The van der Waals surface area contributed by atoms with Crippen LogP contribution in [-0.2, 0) is 16.0 Å². The maximum Gasteiger partial charge on any atom is 0.170 e. The van der Waals surface area contributed by atoms with Gasteiger partial charge in [-0.25, -0.2) is 0 Å². The Morgan fingerprint density at radius 2 is 1.75 bits per heavy atom. The summed E-state index contributed by atoms with van der Waals surface area (Å²) < 4.78 is 12.0. The molecule has 4 heteroatoms. The minimum Gasteiger partial charge on any atom is -0.349 e. The molecule has 0 aromatic heterocycles. The molecule has 1 aromatic carbocycles. The van der Waals surface area contributed by atoms with Crippen molar-refractivity contribution in [1.29, 1.82) is 0 Å². The van der Waals surface area contributed by atoms with Gasteiger partial charge in [0.2, 0.25) is 0 Å². The second-order valence-electron chi connectivity index (χ2n) is 5.90. The maximum atomic E-state index is 5.98. The first-order valence-corrected chi connectivity index (χ1v) is 7.54. The number of hydrogen-bond donors (Lipinski definition) is 1. The van der Waals surface area contributed by atoms with Gasteiger partial charge in [0.05, 0.1) is 13.2 Å². The first-order valence-electron chi connectivity index (χ1n) is 7.54. The zero-order valence-electron chi connectivity index (χ0n) is 12.0. The van der Waals surface area contributed by atoms with Crippen LogP contribution in [0.5, 0.6) is 0 Å². The van der Waals surface area contributed by atoms with Gasteiger partial charge < -0.3 is 15.2 Å². The molecule has 3 rings (SSSR count). The van der Waals surface area contributed by atoms with Crippen LogP contribution < -0.4 is 5.73 Å². The molecular formula is C16H24N2O2. The fourth-order valence-electron chi connectivity index (χ4n) is 2.95. The van der Waals surface area contributed by atoms with E-state index in [0.717, 1.165) is 45.7 Å². The van der Waals surface area contributed by atoms with Crippen molar-refractivity contribution in [3.8, 4) is 0 Å². The van der Waals surface area contributed by atoms with Crippen molar-refractivity contribution in [2.45, 2.75) is 25.2 Å². The van der Waals surface area contributed by atoms with E-state index in [0.29, 0.717) is 12.5 Å². The molecule has 1 aromatic rings. The van der Waals surface area contributed by atoms with Gasteiger partial charge in [-0.05, 0) is 12.1 Å². The standard InChI is InChI=1S/C16H24N2O2/c17-10-15-12-19-16(20-13-15)6-8-18(9-7-16)11-14-4-2-1-3-5-14/h1-5,15H,6-13,17H2. The summed E-state index contributed by atoms with van der Waals surface area (Å²) in [7, 11) is 0. The average molecular weight is 276 g/mol. The highest BCUT2D eigenvalue weighted by Gasteiger charge is 2.40. The predicted octanol–water partition coefficient (Wildman–Crippen LogP) is 1.60. The van der Waals surface area contributed by atoms with E-state index in [-0.39, 0.29) is 5.79 Å². The summed E-state index contributed by atoms with van der Waals surface area (Å²) in [5.41, 5.74) is 7.03. The Balaban J connectivity index is 1.50. The molecule has 2 aliphatic rings. The molecule has 2 saturated heterocycles. The van der Waals surface area contributed by atoms with Crippen molar-refractivity contribution in [1.82, 2.24) is 4.90 Å². The fraction of sp³-hybridized carbons (Fsp3) is 0.625. The summed E-state index contributed by atoms with van der Waals surface area (Å²) in [5.74, 6) is 0.0294. The summed E-state index contributed by atoms with van der Waals surface area (Å²) in [4.78, 5) is 2.47. The van der Waals surface area contributed by atoms with Gasteiger partial charge in [0.15, 0.2) is 5.79 Å². The van der Waals surface area contributed by atoms with Crippen LogP contribution in [0.25, 0.3) is 0 Å². The molecule has 110 valence electrons. The third-order valence-corrected chi connectivity index (χ3v) is 4.36. The average Bonchev–Trinajstić information content (AvgIpc) is 2.52. The number of nitrogens with two attached hydrogens (primary N) is 1. The number of piperidine rings is 1. The summed E-state index contributed by atoms with van der Waals surface area (Å²) in [6, 6.07) is 10.6. The van der Waals surface area contributed by atoms with Crippen LogP contribution in [0.4, 0.5) is 0 Å². The highest BCUT2D eigenvalue weighted by atomic mass is 16.7. The van der Waals surface area contributed by atoms with Gasteiger partial charge in [-0.1, -0.05) is 30.3 Å². The SMILES string of the molecule is NCC1COC2(CCN(Cc3ccccc3)CC2)OC1. The van der Waals surface area contributed by atoms with Crippen molar-refractivity contribution in [3.63, 3.8) is 0 Å². The van der Waals surface area contributed by atoms with Crippen molar-refractivity contribution in [2.75, 3.05) is 32.8 Å². The molecule has 0 bridgehead atoms. The van der Waals surface area contributed by atoms with Gasteiger partial charge in [0, 0.05) is 38.4 Å². The van der Waals surface area contributed by atoms with E-state index in [2.05, 4.69) is 35.2 Å². The molecule has 2 N–H and O–H groups in total. The number of likely N-dealkylation sites (tertiary alicyclic amines) is 1. The molecule has 20 heavy (non-hydrogen) atoms. The summed E-state index contributed by atoms with van der Waals surface area (Å²) >= 11 is 0. The molecule has 2 heterocycles. The third-order valence-electron chi connectivity index (χ3n) is 4.36. The van der Waals surface area contributed by atoms with E-state index in [9.17, 15) is 0 Å². The van der Waals surface area contributed by atoms with E-state index in [1.54, 1.807) is 0 Å². The zero-order valence-corrected chi connectivity index (χ0v) is 12.0. The Labute approximate surface area is 120 Å². The van der Waals surface area contributed by atoms with Crippen molar-refractivity contribution in [3.05, 3.63) is 35.9 Å². The van der Waals surface area contributed by atoms with Gasteiger partial charge in [-0.3, -0.25) is 4.90 Å². The molecular weight excluding hydrogens is 252 g/mol. The first-order chi connectivity index (χ1) is 9.80. The lowest BCUT2D eigenvalue weighted by molar-refractivity contribution is -0.297. The topological polar surface area (TPSA) is 47.7 Å². The Morgan fingerprint density at radius 3 is 2.35 bits per heavy atom. The molecule has 0 aliphatic carbocycles. The molecule has 1 spiro atoms. The lowest BCUT2D eigenvalue weighted by Crippen LogP contribution is -2.52. The van der Waals surface area contributed by atoms with Crippen LogP contribution in [0, 0.1) is 5.92 Å². The molecule has 4 nitrogen and oxygen atoms in total. The van der Waals surface area contributed by atoms with E-state index in [4.69, 9.17) is 15.2 Å². The van der Waals surface area contributed by atoms with Crippen LogP contribution in [0.1, 0.15) is 18.4 Å². The number of benzene rings is 1. The van der Waals surface area contributed by atoms with Crippen molar-refractivity contribution in [2.24, 2.45) is 11.7 Å². The quantitative estimate of drug-likeness (QED) is 0.911. The first kappa shape index (κ1) is 14.0. The number of hydrogen-bond acceptors (Lipinski definition) is 4. The minimum atomic E-state index is -0.334. The number of rotatable bonds is 3. The molecule has 2 fully saturated rings. The van der Waals surface area contributed by atoms with E-state index < -0.39 is 0 Å². The van der Waals surface area contributed by atoms with Crippen LogP contribution >= 0.6 is 0 Å². The van der Waals surface area contributed by atoms with Crippen LogP contribution in [0.3, 0.4) is 0 Å². The second kappa shape index (κ2) is 6.22. The monoisotopic (exact) mass is 276 g/mol. The molecule has 0 radical (unpaired) electrons. The Bertz CT molecular complexity index is 406. The predicted molar refractivity (Wildman–Crippen MR) is 78.1 cm³/mol. The fourth-order valence-corrected chi connectivity index (χ4v) is 2.95. The third kappa shape index (κ3) is 3.20. The normalized spacial score (nSPS) is 24.1. The summed E-state index contributed by atoms with van der Waals surface area (Å²) in [6.07, 6.45) is 1.91. The Hall–Kier alpha value is -0.940. The Morgan fingerprint density at radius 1 is 1.10 bits per heavy atom. The van der Waals surface area contributed by atoms with Crippen LogP contribution in [0.2, 0.25) is 0 Å². The molecule has 0 amide bonds. The van der Waals surface area contributed by atoms with Gasteiger partial charge in [0.25, 0.3) is 0 Å². The van der Waals surface area contributed by atoms with E-state index in [1.165, 1.54) is 5.56 Å². The van der Waals surface area contributed by atoms with E-state index in [1.807, 2.05) is 0 Å². The van der Waals surface area contributed by atoms with Crippen LogP contribution in [-0.4, -0.2) is 43.5 Å². The van der Waals surface area contributed by atoms with Gasteiger partial charge >= 0.3 is 0 Å². The number of ether oxygens (including phenoxy) is 2. The highest BCUT2D eigenvalue weighted by molar-refractivity contribution is 5.14. The Kier molecular flexibility index (Phi) is 4.36. The summed E-state index contributed by atoms with van der Waals surface area (Å²) in [5, 5.41) is 0. The zero-order chi connectivity index (χ0) is 13.8. The maximum absolute atomic E-state index is 5.98. The largest absolute Gasteiger partial charge is 0.349 e. The van der Waals surface area contributed by atoms with Gasteiger partial charge in [-0.2, -0.15) is 0 Å². The smallest absolute Gasteiger partial charge is 0.170 e. The van der Waals surface area contributed by atoms with Gasteiger partial charge in [-0.15, -0.1) is 0 Å². The second-order valence-corrected chi connectivity index (χ2v) is 5.90. The summed E-state index contributed by atoms with van der Waals surface area (Å²) in [6.45, 7) is 5.22. The van der Waals surface area contributed by atoms with Gasteiger partial charge in [0.1, 0.15) is 0 Å². The van der Waals surface area contributed by atoms with E-state index >= 15 is 0 Å². The highest BCUT2D eigenvalue weighted by Crippen LogP contribution is 2.32. The lowest BCUT2D eigenvalue weighted by Gasteiger charge is -2.45. The number of nitrogens with zero attached hydrogens (tertiary/aromatic N) is 1. The molecule has 0 saturated carbocycles. The lowest BCUT2D eigenvalue weighted by atomic mass is 10.0. The van der Waals surface area contributed by atoms with Crippen LogP contribution in [0.15, 0.2) is 30.3 Å². The van der Waals surface area contributed by atoms with Crippen molar-refractivity contribution < 1.29 is 9.47 Å². The minimum absolute atomic E-state index is 0.334. The molecule has 0 atom stereocenters.